The maximum Gasteiger partial charge on any atom is 0.296 e. The number of halogens is 1. The minimum absolute atomic E-state index is 0.218. The summed E-state index contributed by atoms with van der Waals surface area (Å²) in [5.74, 6) is -2.39. The van der Waals surface area contributed by atoms with Gasteiger partial charge < -0.3 is 14.9 Å². The number of hydrogen-bond donors (Lipinski definition) is 2. The second-order valence-electron chi connectivity index (χ2n) is 7.96. The quantitative estimate of drug-likeness (QED) is 0.416. The molecule has 2 atom stereocenters. The number of nitriles is 1. The summed E-state index contributed by atoms with van der Waals surface area (Å²) in [5, 5.41) is 30.8. The Morgan fingerprint density at radius 1 is 1.31 bits per heavy atom. The number of hydrogen-bond acceptors (Lipinski definition) is 8. The molecule has 35 heavy (non-hydrogen) atoms. The van der Waals surface area contributed by atoms with Gasteiger partial charge in [-0.15, -0.1) is 0 Å². The summed E-state index contributed by atoms with van der Waals surface area (Å²) < 4.78 is 7.50. The molecule has 12 heteroatoms. The van der Waals surface area contributed by atoms with Crippen molar-refractivity contribution in [3.8, 4) is 11.8 Å². The van der Waals surface area contributed by atoms with E-state index in [9.17, 15) is 20.0 Å². The zero-order valence-corrected chi connectivity index (χ0v) is 19.7. The lowest BCUT2D eigenvalue weighted by Crippen LogP contribution is -2.29. The molecule has 0 radical (unpaired) electrons. The highest BCUT2D eigenvalue weighted by Crippen LogP contribution is 2.39. The second-order valence-corrected chi connectivity index (χ2v) is 8.39. The molecule has 0 spiro atoms. The third-order valence-corrected chi connectivity index (χ3v) is 5.90. The van der Waals surface area contributed by atoms with Gasteiger partial charge in [0, 0.05) is 37.2 Å². The maximum atomic E-state index is 12.9. The predicted octanol–water partition coefficient (Wildman–Crippen LogP) is 2.92. The van der Waals surface area contributed by atoms with Crippen molar-refractivity contribution >= 4 is 23.2 Å². The Balaban J connectivity index is 1.86. The van der Waals surface area contributed by atoms with Crippen molar-refractivity contribution in [1.82, 2.24) is 24.5 Å². The zero-order chi connectivity index (χ0) is 25.3. The van der Waals surface area contributed by atoms with E-state index in [2.05, 4.69) is 26.6 Å². The average Bonchev–Trinajstić information content (AvgIpc) is 3.50. The highest BCUT2D eigenvalue weighted by molar-refractivity contribution is 6.30. The van der Waals surface area contributed by atoms with E-state index in [1.54, 1.807) is 42.3 Å². The second kappa shape index (κ2) is 9.44. The summed E-state index contributed by atoms with van der Waals surface area (Å²) in [6.07, 6.45) is 5.92. The zero-order valence-electron chi connectivity index (χ0n) is 18.9. The molecule has 11 nitrogen and oxygen atoms in total. The molecule has 3 heterocycles. The highest BCUT2D eigenvalue weighted by atomic mass is 35.5. The van der Waals surface area contributed by atoms with Crippen LogP contribution in [0.25, 0.3) is 0 Å². The first-order chi connectivity index (χ1) is 16.7. The molecule has 0 aliphatic rings. The Hall–Kier alpha value is -4.43. The van der Waals surface area contributed by atoms with Crippen LogP contribution in [0.1, 0.15) is 51.8 Å². The van der Waals surface area contributed by atoms with Crippen LogP contribution in [0.2, 0.25) is 5.02 Å². The molecule has 0 saturated heterocycles. The van der Waals surface area contributed by atoms with Gasteiger partial charge in [0.25, 0.3) is 11.5 Å². The monoisotopic (exact) mass is 493 g/mol. The van der Waals surface area contributed by atoms with Gasteiger partial charge in [0.05, 0.1) is 24.0 Å². The summed E-state index contributed by atoms with van der Waals surface area (Å²) in [4.78, 5) is 30.0. The minimum Gasteiger partial charge on any atom is -0.501 e. The maximum absolute atomic E-state index is 12.9. The van der Waals surface area contributed by atoms with Crippen LogP contribution in [0.15, 0.2) is 52.4 Å². The van der Waals surface area contributed by atoms with Crippen molar-refractivity contribution in [1.29, 1.82) is 5.26 Å². The number of anilines is 1. The third-order valence-electron chi connectivity index (χ3n) is 5.67. The Morgan fingerprint density at radius 3 is 2.71 bits per heavy atom. The topological polar surface area (TPSA) is 152 Å². The number of aromatic nitrogens is 5. The van der Waals surface area contributed by atoms with Crippen molar-refractivity contribution in [2.24, 2.45) is 14.1 Å². The number of amides is 1. The SMILES string of the molecule is C[C@H](c1nc(C(=O)Nc2cnoc2)c(O)c(=O)n1C)[C@H](c1cnn(C)c1)c1ccc(Cl)cc1C#N. The fraction of sp³-hybridized carbons (Fsp3) is 0.217. The van der Waals surface area contributed by atoms with Gasteiger partial charge in [-0.25, -0.2) is 4.98 Å². The average molecular weight is 494 g/mol. The van der Waals surface area contributed by atoms with E-state index in [0.29, 0.717) is 16.1 Å². The summed E-state index contributed by atoms with van der Waals surface area (Å²) >= 11 is 6.12. The molecule has 0 bridgehead atoms. The molecular formula is C23H20ClN7O4. The van der Waals surface area contributed by atoms with Gasteiger partial charge in [0.1, 0.15) is 17.8 Å². The number of nitrogens with one attached hydrogen (secondary N) is 1. The van der Waals surface area contributed by atoms with Gasteiger partial charge in [-0.05, 0) is 23.3 Å². The molecule has 178 valence electrons. The van der Waals surface area contributed by atoms with Crippen LogP contribution < -0.4 is 10.9 Å². The van der Waals surface area contributed by atoms with Crippen LogP contribution in [0.4, 0.5) is 5.69 Å². The van der Waals surface area contributed by atoms with Crippen molar-refractivity contribution < 1.29 is 14.4 Å². The molecule has 1 amide bonds. The van der Waals surface area contributed by atoms with Gasteiger partial charge in [0.2, 0.25) is 5.75 Å². The molecule has 4 aromatic rings. The van der Waals surface area contributed by atoms with E-state index in [4.69, 9.17) is 16.1 Å². The van der Waals surface area contributed by atoms with E-state index < -0.39 is 34.7 Å². The van der Waals surface area contributed by atoms with E-state index in [0.717, 1.165) is 5.56 Å². The lowest BCUT2D eigenvalue weighted by atomic mass is 9.80. The van der Waals surface area contributed by atoms with Crippen LogP contribution in [-0.2, 0) is 14.1 Å². The molecular weight excluding hydrogens is 474 g/mol. The molecule has 3 aromatic heterocycles. The van der Waals surface area contributed by atoms with Crippen molar-refractivity contribution in [2.75, 3.05) is 5.32 Å². The van der Waals surface area contributed by atoms with E-state index in [-0.39, 0.29) is 11.5 Å². The summed E-state index contributed by atoms with van der Waals surface area (Å²) in [6, 6.07) is 7.15. The number of nitrogens with zero attached hydrogens (tertiary/aromatic N) is 6. The smallest absolute Gasteiger partial charge is 0.296 e. The molecule has 2 N–H and O–H groups in total. The molecule has 4 rings (SSSR count). The minimum atomic E-state index is -0.806. The first-order valence-electron chi connectivity index (χ1n) is 10.4. The molecule has 0 unspecified atom stereocenters. The van der Waals surface area contributed by atoms with Gasteiger partial charge in [-0.2, -0.15) is 10.4 Å². The largest absolute Gasteiger partial charge is 0.501 e. The van der Waals surface area contributed by atoms with Crippen LogP contribution in [-0.4, -0.2) is 35.5 Å². The Bertz CT molecular complexity index is 1500. The van der Waals surface area contributed by atoms with Crippen LogP contribution in [0, 0.1) is 11.3 Å². The number of benzene rings is 1. The van der Waals surface area contributed by atoms with Gasteiger partial charge in [-0.3, -0.25) is 18.8 Å². The predicted molar refractivity (Wildman–Crippen MR) is 125 cm³/mol. The number of rotatable bonds is 6. The third kappa shape index (κ3) is 4.51. The van der Waals surface area contributed by atoms with Crippen LogP contribution in [0.5, 0.6) is 5.75 Å². The lowest BCUT2D eigenvalue weighted by Gasteiger charge is -2.26. The van der Waals surface area contributed by atoms with Crippen molar-refractivity contribution in [3.05, 3.63) is 86.6 Å². The van der Waals surface area contributed by atoms with Crippen LogP contribution in [0.3, 0.4) is 0 Å². The number of carbonyl (C=O) groups is 1. The summed E-state index contributed by atoms with van der Waals surface area (Å²) in [5.41, 5.74) is 0.760. The first-order valence-corrected chi connectivity index (χ1v) is 10.8. The first kappa shape index (κ1) is 23.7. The normalized spacial score (nSPS) is 12.7. The standard InChI is InChI=1S/C23H20ClN7O4/c1-12(18(14-8-26-30(2)10-14)17-5-4-15(24)6-13(17)7-25)21-29-19(20(32)23(34)31(21)3)22(33)28-16-9-27-35-11-16/h4-6,8-12,18,32H,1-3H3,(H,28,33)/t12-,18+/m0/s1. The molecule has 0 fully saturated rings. The fourth-order valence-electron chi connectivity index (χ4n) is 4.01. The Kier molecular flexibility index (Phi) is 6.40. The van der Waals surface area contributed by atoms with E-state index >= 15 is 0 Å². The van der Waals surface area contributed by atoms with Gasteiger partial charge in [0.15, 0.2) is 5.69 Å². The molecule has 0 aliphatic heterocycles. The van der Waals surface area contributed by atoms with E-state index in [1.165, 1.54) is 24.1 Å². The fourth-order valence-corrected chi connectivity index (χ4v) is 4.19. The molecule has 1 aromatic carbocycles. The number of carbonyl (C=O) groups excluding carboxylic acids is 1. The van der Waals surface area contributed by atoms with Gasteiger partial charge >= 0.3 is 0 Å². The molecule has 0 aliphatic carbocycles. The number of aromatic hydroxyl groups is 1. The summed E-state index contributed by atoms with van der Waals surface area (Å²) in [7, 11) is 3.22. The molecule has 0 saturated carbocycles. The van der Waals surface area contributed by atoms with E-state index in [1.807, 2.05) is 6.92 Å². The number of aryl methyl sites for hydroxylation is 1. The lowest BCUT2D eigenvalue weighted by molar-refractivity contribution is 0.101. The highest BCUT2D eigenvalue weighted by Gasteiger charge is 2.31. The van der Waals surface area contributed by atoms with Gasteiger partial charge in [-0.1, -0.05) is 29.7 Å². The summed E-state index contributed by atoms with van der Waals surface area (Å²) in [6.45, 7) is 1.81. The van der Waals surface area contributed by atoms with Crippen molar-refractivity contribution in [3.63, 3.8) is 0 Å². The Labute approximate surface area is 204 Å². The van der Waals surface area contributed by atoms with Crippen molar-refractivity contribution in [2.45, 2.75) is 18.8 Å². The Morgan fingerprint density at radius 2 is 2.09 bits per heavy atom. The van der Waals surface area contributed by atoms with Crippen LogP contribution >= 0.6 is 11.6 Å².